The van der Waals surface area contributed by atoms with Gasteiger partial charge in [-0.2, -0.15) is 0 Å². The van der Waals surface area contributed by atoms with E-state index in [-0.39, 0.29) is 23.9 Å². The van der Waals surface area contributed by atoms with Gasteiger partial charge in [0.2, 0.25) is 0 Å². The van der Waals surface area contributed by atoms with E-state index in [2.05, 4.69) is 35.3 Å². The second kappa shape index (κ2) is 4.19. The third-order valence-electron chi connectivity index (χ3n) is 2.50. The number of para-hydroxylation sites is 1. The zero-order valence-corrected chi connectivity index (χ0v) is 11.0. The van der Waals surface area contributed by atoms with Gasteiger partial charge in [-0.3, -0.25) is 4.98 Å². The molecule has 3 rings (SSSR count). The Morgan fingerprint density at radius 3 is 2.27 bits per heavy atom. The third kappa shape index (κ3) is 1.72. The van der Waals surface area contributed by atoms with Gasteiger partial charge in [-0.25, -0.2) is 0 Å². The Bertz CT molecular complexity index is 550. The molecule has 70 valence electrons. The van der Waals surface area contributed by atoms with Crippen molar-refractivity contribution in [3.63, 3.8) is 0 Å². The summed E-state index contributed by atoms with van der Waals surface area (Å²) in [7, 11) is 0. The Labute approximate surface area is 105 Å². The van der Waals surface area contributed by atoms with Gasteiger partial charge in [-0.15, -0.1) is 0 Å². The normalized spacial score (nSPS) is 10.1. The summed E-state index contributed by atoms with van der Waals surface area (Å²) in [5, 5.41) is 3.70. The predicted molar refractivity (Wildman–Crippen MR) is 65.0 cm³/mol. The molecule has 0 amide bonds. The number of hydrogen-bond donors (Lipinski definition) is 0. The molecule has 0 aliphatic carbocycles. The second-order valence-corrected chi connectivity index (χ2v) is 3.36. The van der Waals surface area contributed by atoms with Gasteiger partial charge < -0.3 is 0 Å². The van der Waals surface area contributed by atoms with Crippen LogP contribution in [0.1, 0.15) is 0 Å². The molecular formula is C13H9NSn. The van der Waals surface area contributed by atoms with E-state index in [4.69, 9.17) is 0 Å². The van der Waals surface area contributed by atoms with Gasteiger partial charge in [0, 0.05) is 40.9 Å². The van der Waals surface area contributed by atoms with Gasteiger partial charge in [0.1, 0.15) is 0 Å². The molecule has 0 bridgehead atoms. The first-order valence-electron chi connectivity index (χ1n) is 4.68. The standard InChI is InChI=1S/C13H9N.Sn/c1-2-6-11-10(5-1)9-14-13-8-4-3-7-12(11)13;/h1-9H;. The maximum Gasteiger partial charge on any atom is 0.0708 e. The summed E-state index contributed by atoms with van der Waals surface area (Å²) in [6.45, 7) is 0. The van der Waals surface area contributed by atoms with Gasteiger partial charge in [0.25, 0.3) is 0 Å². The predicted octanol–water partition coefficient (Wildman–Crippen LogP) is 3.01. The number of nitrogens with zero attached hydrogens (tertiary/aromatic N) is 1. The third-order valence-corrected chi connectivity index (χ3v) is 2.50. The maximum atomic E-state index is 4.41. The molecular weight excluding hydrogens is 289 g/mol. The Balaban J connectivity index is 0.000000853. The van der Waals surface area contributed by atoms with Crippen LogP contribution in [0.2, 0.25) is 0 Å². The molecule has 0 aliphatic rings. The fraction of sp³-hybridized carbons (Fsp3) is 0. The minimum absolute atomic E-state index is 0. The van der Waals surface area contributed by atoms with Crippen molar-refractivity contribution >= 4 is 45.6 Å². The molecule has 0 saturated carbocycles. The molecule has 1 aromatic heterocycles. The van der Waals surface area contributed by atoms with E-state index in [1.807, 2.05) is 24.4 Å². The molecule has 1 nitrogen and oxygen atoms in total. The minimum Gasteiger partial charge on any atom is -0.256 e. The summed E-state index contributed by atoms with van der Waals surface area (Å²) in [4.78, 5) is 4.41. The average Bonchev–Trinajstić information content (AvgIpc) is 2.29. The van der Waals surface area contributed by atoms with Crippen molar-refractivity contribution in [1.82, 2.24) is 4.98 Å². The van der Waals surface area contributed by atoms with Crippen molar-refractivity contribution in [2.75, 3.05) is 0 Å². The molecule has 3 aromatic rings. The summed E-state index contributed by atoms with van der Waals surface area (Å²) in [6, 6.07) is 16.6. The Hall–Kier alpha value is -1.09. The summed E-state index contributed by atoms with van der Waals surface area (Å²) in [5.74, 6) is 0. The van der Waals surface area contributed by atoms with Crippen LogP contribution < -0.4 is 0 Å². The fourth-order valence-electron chi connectivity index (χ4n) is 1.81. The van der Waals surface area contributed by atoms with Crippen LogP contribution in [0.5, 0.6) is 0 Å². The van der Waals surface area contributed by atoms with Gasteiger partial charge >= 0.3 is 0 Å². The maximum absolute atomic E-state index is 4.41. The molecule has 0 atom stereocenters. The van der Waals surface area contributed by atoms with Crippen molar-refractivity contribution in [3.8, 4) is 0 Å². The number of benzene rings is 2. The summed E-state index contributed by atoms with van der Waals surface area (Å²) < 4.78 is 0. The van der Waals surface area contributed by atoms with Crippen LogP contribution in [-0.4, -0.2) is 28.9 Å². The van der Waals surface area contributed by atoms with Gasteiger partial charge in [-0.05, 0) is 11.5 Å². The van der Waals surface area contributed by atoms with E-state index in [1.165, 1.54) is 16.2 Å². The van der Waals surface area contributed by atoms with E-state index in [0.29, 0.717) is 0 Å². The quantitative estimate of drug-likeness (QED) is 0.459. The Morgan fingerprint density at radius 1 is 0.733 bits per heavy atom. The van der Waals surface area contributed by atoms with Gasteiger partial charge in [-0.1, -0.05) is 42.5 Å². The second-order valence-electron chi connectivity index (χ2n) is 3.36. The van der Waals surface area contributed by atoms with E-state index in [1.54, 1.807) is 0 Å². The van der Waals surface area contributed by atoms with Crippen molar-refractivity contribution < 1.29 is 0 Å². The van der Waals surface area contributed by atoms with Crippen LogP contribution in [0.15, 0.2) is 54.7 Å². The van der Waals surface area contributed by atoms with Crippen molar-refractivity contribution in [2.24, 2.45) is 0 Å². The van der Waals surface area contributed by atoms with Crippen LogP contribution in [0.25, 0.3) is 21.7 Å². The molecule has 2 aromatic carbocycles. The fourth-order valence-corrected chi connectivity index (χ4v) is 1.81. The molecule has 2 heteroatoms. The van der Waals surface area contributed by atoms with E-state index >= 15 is 0 Å². The van der Waals surface area contributed by atoms with Crippen LogP contribution >= 0.6 is 0 Å². The first-order valence-corrected chi connectivity index (χ1v) is 4.68. The first kappa shape index (κ1) is 10.4. The summed E-state index contributed by atoms with van der Waals surface area (Å²) >= 11 is 0. The van der Waals surface area contributed by atoms with Crippen LogP contribution in [0, 0.1) is 0 Å². The monoisotopic (exact) mass is 299 g/mol. The van der Waals surface area contributed by atoms with Crippen LogP contribution in [0.3, 0.4) is 0 Å². The van der Waals surface area contributed by atoms with Crippen LogP contribution in [-0.2, 0) is 0 Å². The molecule has 0 saturated heterocycles. The molecule has 15 heavy (non-hydrogen) atoms. The largest absolute Gasteiger partial charge is 0.256 e. The molecule has 0 spiro atoms. The van der Waals surface area contributed by atoms with Crippen LogP contribution in [0.4, 0.5) is 0 Å². The molecule has 4 radical (unpaired) electrons. The number of hydrogen-bond acceptors (Lipinski definition) is 1. The number of pyridine rings is 1. The number of aromatic nitrogens is 1. The molecule has 0 unspecified atom stereocenters. The molecule has 1 heterocycles. The summed E-state index contributed by atoms with van der Waals surface area (Å²) in [6.07, 6.45) is 1.93. The minimum atomic E-state index is 0. The Morgan fingerprint density at radius 2 is 1.40 bits per heavy atom. The van der Waals surface area contributed by atoms with Crippen molar-refractivity contribution in [1.29, 1.82) is 0 Å². The molecule has 0 fully saturated rings. The van der Waals surface area contributed by atoms with Gasteiger partial charge in [0.05, 0.1) is 5.52 Å². The first-order chi connectivity index (χ1) is 6.95. The molecule has 0 aliphatic heterocycles. The smallest absolute Gasteiger partial charge is 0.0708 e. The van der Waals surface area contributed by atoms with Crippen molar-refractivity contribution in [2.45, 2.75) is 0 Å². The number of rotatable bonds is 0. The van der Waals surface area contributed by atoms with E-state index < -0.39 is 0 Å². The average molecular weight is 298 g/mol. The zero-order chi connectivity index (χ0) is 9.38. The zero-order valence-electron chi connectivity index (χ0n) is 8.14. The van der Waals surface area contributed by atoms with Crippen molar-refractivity contribution in [3.05, 3.63) is 54.7 Å². The van der Waals surface area contributed by atoms with E-state index in [0.717, 1.165) is 5.52 Å². The topological polar surface area (TPSA) is 12.9 Å². The van der Waals surface area contributed by atoms with Gasteiger partial charge in [0.15, 0.2) is 0 Å². The summed E-state index contributed by atoms with van der Waals surface area (Å²) in [5.41, 5.74) is 1.06. The SMILES string of the molecule is [Sn].c1ccc2c(c1)cnc1ccccc12. The van der Waals surface area contributed by atoms with E-state index in [9.17, 15) is 0 Å². The molecule has 0 N–H and O–H groups in total. The number of fused-ring (bicyclic) bond motifs is 3. The Kier molecular flexibility index (Phi) is 2.91.